The molecule has 0 atom stereocenters. The van der Waals surface area contributed by atoms with Crippen molar-refractivity contribution < 1.29 is 4.74 Å². The molecule has 2 rings (SSSR count). The number of nitrogens with zero attached hydrogens (tertiary/aromatic N) is 2. The highest BCUT2D eigenvalue weighted by molar-refractivity contribution is 14.0. The molecule has 1 aliphatic heterocycles. The fourth-order valence-electron chi connectivity index (χ4n) is 2.49. The molecule has 1 heterocycles. The summed E-state index contributed by atoms with van der Waals surface area (Å²) >= 11 is 0. The fraction of sp³-hybridized carbons (Fsp3) is 0.917. The van der Waals surface area contributed by atoms with E-state index >= 15 is 0 Å². The van der Waals surface area contributed by atoms with Crippen LogP contribution in [0.4, 0.5) is 0 Å². The monoisotopic (exact) mass is 353 g/mol. The lowest BCUT2D eigenvalue weighted by Crippen LogP contribution is -2.45. The third kappa shape index (κ3) is 2.54. The summed E-state index contributed by atoms with van der Waals surface area (Å²) in [7, 11) is 0. The summed E-state index contributed by atoms with van der Waals surface area (Å²) in [5.41, 5.74) is 6.59. The summed E-state index contributed by atoms with van der Waals surface area (Å²) < 4.78 is 5.30. The lowest BCUT2D eigenvalue weighted by molar-refractivity contribution is 0.0673. The van der Waals surface area contributed by atoms with Crippen LogP contribution >= 0.6 is 24.0 Å². The van der Waals surface area contributed by atoms with Crippen molar-refractivity contribution in [3.05, 3.63) is 0 Å². The fourth-order valence-corrected chi connectivity index (χ4v) is 2.49. The number of aliphatic imine (C=N–C) groups is 1. The molecule has 0 unspecified atom stereocenters. The Morgan fingerprint density at radius 1 is 1.18 bits per heavy atom. The maximum Gasteiger partial charge on any atom is 0.191 e. The number of nitrogens with two attached hydrogens (primary N) is 1. The van der Waals surface area contributed by atoms with Crippen LogP contribution in [0.25, 0.3) is 0 Å². The van der Waals surface area contributed by atoms with E-state index in [1.54, 1.807) is 0 Å². The van der Waals surface area contributed by atoms with E-state index in [1.165, 1.54) is 0 Å². The average molecular weight is 353 g/mol. The number of rotatable bonds is 1. The molecule has 0 aromatic rings. The zero-order valence-electron chi connectivity index (χ0n) is 11.2. The van der Waals surface area contributed by atoms with Crippen LogP contribution in [-0.2, 0) is 4.74 Å². The second-order valence-corrected chi connectivity index (χ2v) is 5.93. The summed E-state index contributed by atoms with van der Waals surface area (Å²) in [4.78, 5) is 6.80. The molecule has 1 saturated carbocycles. The van der Waals surface area contributed by atoms with Crippen LogP contribution < -0.4 is 5.73 Å². The summed E-state index contributed by atoms with van der Waals surface area (Å²) in [6.45, 7) is 12.3. The van der Waals surface area contributed by atoms with Gasteiger partial charge in [-0.3, -0.25) is 0 Å². The molecule has 0 amide bonds. The Balaban J connectivity index is 0.00000144. The largest absolute Gasteiger partial charge is 0.378 e. The molecule has 100 valence electrons. The molecule has 4 nitrogen and oxygen atoms in total. The topological polar surface area (TPSA) is 50.8 Å². The van der Waals surface area contributed by atoms with Crippen LogP contribution in [0.2, 0.25) is 0 Å². The van der Waals surface area contributed by atoms with Crippen molar-refractivity contribution in [1.29, 1.82) is 0 Å². The molecule has 2 fully saturated rings. The van der Waals surface area contributed by atoms with E-state index in [9.17, 15) is 0 Å². The van der Waals surface area contributed by atoms with Gasteiger partial charge in [0.15, 0.2) is 5.96 Å². The first-order valence-electron chi connectivity index (χ1n) is 6.03. The third-order valence-corrected chi connectivity index (χ3v) is 4.54. The Morgan fingerprint density at radius 3 is 2.06 bits per heavy atom. The first-order chi connectivity index (χ1) is 7.37. The Kier molecular flexibility index (Phi) is 4.34. The zero-order valence-corrected chi connectivity index (χ0v) is 13.5. The third-order valence-electron chi connectivity index (χ3n) is 4.54. The Bertz CT molecular complexity index is 295. The summed E-state index contributed by atoms with van der Waals surface area (Å²) in [6.07, 6.45) is 0. The molecule has 0 spiro atoms. The summed E-state index contributed by atoms with van der Waals surface area (Å²) in [5.74, 6) is 0.687. The molecule has 0 radical (unpaired) electrons. The molecule has 1 saturated heterocycles. The van der Waals surface area contributed by atoms with E-state index in [1.807, 2.05) is 0 Å². The molecular weight excluding hydrogens is 329 g/mol. The van der Waals surface area contributed by atoms with Gasteiger partial charge in [-0.1, -0.05) is 27.7 Å². The van der Waals surface area contributed by atoms with Gasteiger partial charge in [0.05, 0.1) is 19.3 Å². The quantitative estimate of drug-likeness (QED) is 0.443. The maximum atomic E-state index is 6.05. The normalized spacial score (nSPS) is 27.5. The number of morpholine rings is 1. The van der Waals surface area contributed by atoms with E-state index in [-0.39, 0.29) is 34.8 Å². The van der Waals surface area contributed by atoms with Gasteiger partial charge in [-0.25, -0.2) is 4.99 Å². The summed E-state index contributed by atoms with van der Waals surface area (Å²) in [6, 6.07) is 0.350. The van der Waals surface area contributed by atoms with Crippen molar-refractivity contribution in [1.82, 2.24) is 4.90 Å². The molecular formula is C12H24IN3O. The van der Waals surface area contributed by atoms with Gasteiger partial charge in [0.2, 0.25) is 0 Å². The van der Waals surface area contributed by atoms with Crippen LogP contribution in [-0.4, -0.2) is 43.2 Å². The zero-order chi connectivity index (χ0) is 12.0. The van der Waals surface area contributed by atoms with Crippen molar-refractivity contribution in [2.24, 2.45) is 21.6 Å². The molecule has 5 heteroatoms. The second-order valence-electron chi connectivity index (χ2n) is 5.93. The van der Waals surface area contributed by atoms with Gasteiger partial charge in [-0.05, 0) is 10.8 Å². The van der Waals surface area contributed by atoms with E-state index in [4.69, 9.17) is 10.5 Å². The van der Waals surface area contributed by atoms with Gasteiger partial charge in [0.1, 0.15) is 0 Å². The van der Waals surface area contributed by atoms with Gasteiger partial charge < -0.3 is 15.4 Å². The lowest BCUT2D eigenvalue weighted by atomic mass is 10.0. The van der Waals surface area contributed by atoms with Crippen LogP contribution in [0.1, 0.15) is 27.7 Å². The number of hydrogen-bond donors (Lipinski definition) is 1. The van der Waals surface area contributed by atoms with Crippen molar-refractivity contribution in [3.63, 3.8) is 0 Å². The summed E-state index contributed by atoms with van der Waals surface area (Å²) in [5, 5.41) is 0. The van der Waals surface area contributed by atoms with Crippen molar-refractivity contribution in [2.45, 2.75) is 33.7 Å². The number of halogens is 1. The highest BCUT2D eigenvalue weighted by atomic mass is 127. The van der Waals surface area contributed by atoms with Crippen LogP contribution in [0.5, 0.6) is 0 Å². The predicted octanol–water partition coefficient (Wildman–Crippen LogP) is 1.69. The average Bonchev–Trinajstić information content (AvgIpc) is 2.62. The standard InChI is InChI=1S/C12H23N3O.HI/c1-11(2)9(12(11,3)4)14-10(13)15-5-7-16-8-6-15;/h9H,5-8H2,1-4H3,(H2,13,14);1H. The maximum absolute atomic E-state index is 6.05. The lowest BCUT2D eigenvalue weighted by Gasteiger charge is -2.27. The minimum Gasteiger partial charge on any atom is -0.378 e. The van der Waals surface area contributed by atoms with Gasteiger partial charge in [-0.15, -0.1) is 24.0 Å². The predicted molar refractivity (Wildman–Crippen MR) is 80.8 cm³/mol. The SMILES string of the molecule is CC1(C)C(N=C(N)N2CCOCC2)C1(C)C.I. The molecule has 2 N–H and O–H groups in total. The number of guanidine groups is 1. The Morgan fingerprint density at radius 2 is 1.65 bits per heavy atom. The van der Waals surface area contributed by atoms with Gasteiger partial charge in [-0.2, -0.15) is 0 Å². The smallest absolute Gasteiger partial charge is 0.191 e. The van der Waals surface area contributed by atoms with Gasteiger partial charge in [0, 0.05) is 13.1 Å². The van der Waals surface area contributed by atoms with Crippen molar-refractivity contribution >= 4 is 29.9 Å². The highest BCUT2D eigenvalue weighted by Crippen LogP contribution is 2.64. The molecule has 2 aliphatic rings. The van der Waals surface area contributed by atoms with Crippen LogP contribution in [0, 0.1) is 10.8 Å². The minimum absolute atomic E-state index is 0. The highest BCUT2D eigenvalue weighted by Gasteiger charge is 2.65. The van der Waals surface area contributed by atoms with Crippen LogP contribution in [0.3, 0.4) is 0 Å². The van der Waals surface area contributed by atoms with Crippen molar-refractivity contribution in [2.75, 3.05) is 26.3 Å². The Hall–Kier alpha value is -0.0400. The van der Waals surface area contributed by atoms with E-state index in [0.717, 1.165) is 26.3 Å². The van der Waals surface area contributed by atoms with Gasteiger partial charge >= 0.3 is 0 Å². The molecule has 0 aromatic carbocycles. The number of ether oxygens (including phenoxy) is 1. The molecule has 1 aliphatic carbocycles. The molecule has 17 heavy (non-hydrogen) atoms. The first-order valence-corrected chi connectivity index (χ1v) is 6.03. The minimum atomic E-state index is 0. The van der Waals surface area contributed by atoms with Gasteiger partial charge in [0.25, 0.3) is 0 Å². The van der Waals surface area contributed by atoms with Crippen LogP contribution in [0.15, 0.2) is 4.99 Å². The second kappa shape index (κ2) is 4.91. The first kappa shape index (κ1) is 15.0. The van der Waals surface area contributed by atoms with E-state index < -0.39 is 0 Å². The number of hydrogen-bond acceptors (Lipinski definition) is 2. The Labute approximate surface area is 121 Å². The molecule has 0 aromatic heterocycles. The van der Waals surface area contributed by atoms with Crippen molar-refractivity contribution in [3.8, 4) is 0 Å². The molecule has 0 bridgehead atoms. The van der Waals surface area contributed by atoms with E-state index in [0.29, 0.717) is 12.0 Å². The van der Waals surface area contributed by atoms with E-state index in [2.05, 4.69) is 37.6 Å².